The van der Waals surface area contributed by atoms with Crippen molar-refractivity contribution in [1.82, 2.24) is 25.2 Å². The average molecular weight is 772 g/mol. The van der Waals surface area contributed by atoms with Gasteiger partial charge in [0.05, 0.1) is 18.2 Å². The van der Waals surface area contributed by atoms with E-state index >= 15 is 0 Å². The number of aliphatic hydroxyl groups is 1. The van der Waals surface area contributed by atoms with Crippen LogP contribution < -0.4 is 10.8 Å². The molecule has 0 spiro atoms. The summed E-state index contributed by atoms with van der Waals surface area (Å²) in [5.74, 6) is -1.09. The van der Waals surface area contributed by atoms with Crippen molar-refractivity contribution < 1.29 is 52.3 Å². The van der Waals surface area contributed by atoms with E-state index in [1.165, 1.54) is 93.8 Å². The van der Waals surface area contributed by atoms with Gasteiger partial charge >= 0.3 is 5.97 Å². The quantitative estimate of drug-likeness (QED) is 0.0276. The smallest absolute Gasteiger partial charge is 0.313 e. The summed E-state index contributed by atoms with van der Waals surface area (Å²) < 4.78 is 34.8. The van der Waals surface area contributed by atoms with Crippen molar-refractivity contribution >= 4 is 38.6 Å². The topological polar surface area (TPSA) is 190 Å². The number of amides is 2. The molecule has 1 aliphatic rings. The van der Waals surface area contributed by atoms with Crippen molar-refractivity contribution in [1.29, 1.82) is 0 Å². The molecule has 2 N–H and O–H groups in total. The van der Waals surface area contributed by atoms with E-state index in [4.69, 9.17) is 23.3 Å². The molecule has 0 bridgehead atoms. The van der Waals surface area contributed by atoms with Crippen molar-refractivity contribution in [2.24, 2.45) is 5.41 Å². The van der Waals surface area contributed by atoms with Crippen LogP contribution in [0, 0.1) is 5.41 Å². The zero-order chi connectivity index (χ0) is 38.9. The fourth-order valence-electron chi connectivity index (χ4n) is 5.53. The van der Waals surface area contributed by atoms with Crippen LogP contribution in [-0.2, 0) is 53.7 Å². The minimum Gasteiger partial charge on any atom is -0.440 e. The number of esters is 1. The molecule has 2 amide bonds. The fraction of sp³-hybridized carbons (Fsp3) is 0.778. The molecule has 0 aromatic carbocycles. The van der Waals surface area contributed by atoms with E-state index in [9.17, 15) is 24.3 Å². The Morgan fingerprint density at radius 2 is 1.58 bits per heavy atom. The van der Waals surface area contributed by atoms with Gasteiger partial charge < -0.3 is 29.0 Å². The summed E-state index contributed by atoms with van der Waals surface area (Å²) in [5.41, 5.74) is -0.492. The Morgan fingerprint density at radius 3 is 2.17 bits per heavy atom. The third-order valence-corrected chi connectivity index (χ3v) is 9.80. The van der Waals surface area contributed by atoms with Crippen molar-refractivity contribution in [3.63, 3.8) is 0 Å². The summed E-state index contributed by atoms with van der Waals surface area (Å²) in [6.07, 6.45) is 18.5. The Hall–Kier alpha value is -3.01. The predicted molar refractivity (Wildman–Crippen MR) is 197 cm³/mol. The van der Waals surface area contributed by atoms with Gasteiger partial charge in [-0.15, -0.1) is 5.10 Å². The second-order valence-corrected chi connectivity index (χ2v) is 15.6. The van der Waals surface area contributed by atoms with Crippen LogP contribution in [0.15, 0.2) is 18.5 Å². The van der Waals surface area contributed by atoms with Crippen LogP contribution in [0.5, 0.6) is 0 Å². The molecule has 0 aliphatic carbocycles. The third kappa shape index (κ3) is 18.7. The van der Waals surface area contributed by atoms with E-state index in [0.717, 1.165) is 19.3 Å². The number of unbranched alkanes of at least 4 members (excludes halogenated alkanes) is 13. The molecule has 2 rings (SSSR count). The summed E-state index contributed by atoms with van der Waals surface area (Å²) in [4.78, 5) is 46.9. The van der Waals surface area contributed by atoms with E-state index in [1.807, 2.05) is 5.32 Å². The number of likely N-dealkylation sites (N-methyl/N-ethyl adjacent to an activating group) is 1. The maximum Gasteiger partial charge on any atom is 0.313 e. The molecule has 1 fully saturated rings. The third-order valence-electron chi connectivity index (χ3n) is 8.54. The molecular weight excluding hydrogens is 709 g/mol. The lowest BCUT2D eigenvalue weighted by molar-refractivity contribution is -0.159. The van der Waals surface area contributed by atoms with Gasteiger partial charge in [-0.3, -0.25) is 33.5 Å². The first kappa shape index (κ1) is 46.1. The number of nitrogens with one attached hydrogen (secondary N) is 1. The molecule has 1 aliphatic heterocycles. The number of hydrogen-bond donors (Lipinski definition) is 2. The molecule has 5 atom stereocenters. The number of nitrogens with zero attached hydrogens (tertiary/aromatic N) is 4. The summed E-state index contributed by atoms with van der Waals surface area (Å²) in [6, 6.07) is 0. The van der Waals surface area contributed by atoms with Crippen molar-refractivity contribution in [2.75, 3.05) is 27.2 Å². The summed E-state index contributed by atoms with van der Waals surface area (Å²) >= 11 is 0. The molecule has 53 heavy (non-hydrogen) atoms. The minimum atomic E-state index is -1.97. The Bertz CT molecular complexity index is 1210. The standard InChI is InChI=1S/C36H62N5O11P/c1-6-7-8-9-10-11-12-13-14-15-16-17-18-19-22-48-33-32(45)29(52-34(33)40(5)21-20-30(44)37-25-42)23-41-24-31(38-39-41)53(50-27-47-26-43)51-28-49-35(46)36(2,3)4/h20-21,24-26,29,32-34,45H,6-19,22-23,27-28H2,1-5H3,(H,37,42,44)/b21-20-. The van der Waals surface area contributed by atoms with Gasteiger partial charge in [-0.1, -0.05) is 95.6 Å². The molecule has 302 valence electrons. The lowest BCUT2D eigenvalue weighted by Crippen LogP contribution is -2.42. The number of aromatic nitrogens is 3. The summed E-state index contributed by atoms with van der Waals surface area (Å²) in [6.45, 7) is 7.22. The molecular formula is C36H62N5O11P. The van der Waals surface area contributed by atoms with Crippen LogP contribution in [-0.4, -0.2) is 102 Å². The Labute approximate surface area is 315 Å². The zero-order valence-electron chi connectivity index (χ0n) is 32.2. The number of aliphatic hydroxyl groups excluding tert-OH is 1. The molecule has 1 aromatic rings. The Balaban J connectivity index is 1.93. The number of imide groups is 1. The summed E-state index contributed by atoms with van der Waals surface area (Å²) in [7, 11) is -0.294. The highest BCUT2D eigenvalue weighted by Gasteiger charge is 2.46. The lowest BCUT2D eigenvalue weighted by atomic mass is 9.98. The van der Waals surface area contributed by atoms with Gasteiger partial charge in [0.25, 0.3) is 12.4 Å². The van der Waals surface area contributed by atoms with Crippen LogP contribution in [0.4, 0.5) is 0 Å². The van der Waals surface area contributed by atoms with Crippen molar-refractivity contribution in [3.05, 3.63) is 18.5 Å². The number of rotatable bonds is 30. The van der Waals surface area contributed by atoms with E-state index in [-0.39, 0.29) is 18.5 Å². The molecule has 1 aromatic heterocycles. The number of carbonyl (C=O) groups is 4. The maximum absolute atomic E-state index is 12.1. The van der Waals surface area contributed by atoms with Gasteiger partial charge in [-0.05, 0) is 27.2 Å². The van der Waals surface area contributed by atoms with Gasteiger partial charge in [0.2, 0.25) is 14.8 Å². The van der Waals surface area contributed by atoms with Gasteiger partial charge in [0.1, 0.15) is 18.3 Å². The highest BCUT2D eigenvalue weighted by molar-refractivity contribution is 7.55. The minimum absolute atomic E-state index is 0.0690. The Kier molecular flexibility index (Phi) is 23.3. The molecule has 0 radical (unpaired) electrons. The van der Waals surface area contributed by atoms with Gasteiger partial charge in [-0.25, -0.2) is 4.68 Å². The highest BCUT2D eigenvalue weighted by atomic mass is 31.2. The maximum atomic E-state index is 12.1. The molecule has 17 heteroatoms. The van der Waals surface area contributed by atoms with Crippen molar-refractivity contribution in [3.8, 4) is 0 Å². The average Bonchev–Trinajstić information content (AvgIpc) is 3.71. The fourth-order valence-corrected chi connectivity index (χ4v) is 6.52. The second kappa shape index (κ2) is 26.7. The first-order valence-electron chi connectivity index (χ1n) is 18.8. The zero-order valence-corrected chi connectivity index (χ0v) is 33.1. The van der Waals surface area contributed by atoms with Crippen LogP contribution in [0.3, 0.4) is 0 Å². The molecule has 5 unspecified atom stereocenters. The van der Waals surface area contributed by atoms with Crippen LogP contribution in [0.1, 0.15) is 118 Å². The predicted octanol–water partition coefficient (Wildman–Crippen LogP) is 4.60. The number of hydrogen-bond acceptors (Lipinski definition) is 14. The second-order valence-electron chi connectivity index (χ2n) is 14.1. The SMILES string of the molecule is CCCCCCCCCCCCCCCCOC1C(O)C(Cn2cc(P(OCOC=O)OCOC(=O)C(C)(C)C)nn2)OC1N(C)/C=C\C(=O)NC=O. The van der Waals surface area contributed by atoms with Crippen LogP contribution in [0.2, 0.25) is 0 Å². The first-order valence-corrected chi connectivity index (χ1v) is 20.0. The van der Waals surface area contributed by atoms with E-state index in [1.54, 1.807) is 32.7 Å². The molecule has 16 nitrogen and oxygen atoms in total. The van der Waals surface area contributed by atoms with Gasteiger partial charge in [0.15, 0.2) is 25.2 Å². The van der Waals surface area contributed by atoms with E-state index < -0.39 is 63.8 Å². The van der Waals surface area contributed by atoms with Gasteiger partial charge in [-0.2, -0.15) is 0 Å². The van der Waals surface area contributed by atoms with Crippen LogP contribution >= 0.6 is 8.38 Å². The van der Waals surface area contributed by atoms with E-state index in [2.05, 4.69) is 22.0 Å². The molecule has 2 heterocycles. The summed E-state index contributed by atoms with van der Waals surface area (Å²) in [5, 5.41) is 21.7. The van der Waals surface area contributed by atoms with Gasteiger partial charge in [0, 0.05) is 25.9 Å². The lowest BCUT2D eigenvalue weighted by Gasteiger charge is -2.28. The van der Waals surface area contributed by atoms with E-state index in [0.29, 0.717) is 13.0 Å². The molecule has 0 saturated carbocycles. The molecule has 1 saturated heterocycles. The Morgan fingerprint density at radius 1 is 0.981 bits per heavy atom. The number of carbonyl (C=O) groups excluding carboxylic acids is 4. The van der Waals surface area contributed by atoms with Crippen molar-refractivity contribution in [2.45, 2.75) is 149 Å². The number of ether oxygens (including phenoxy) is 4. The highest BCUT2D eigenvalue weighted by Crippen LogP contribution is 2.36. The monoisotopic (exact) mass is 771 g/mol. The normalized spacial score (nSPS) is 19.3. The first-order chi connectivity index (χ1) is 25.5. The van der Waals surface area contributed by atoms with Crippen LogP contribution in [0.25, 0.3) is 0 Å². The largest absolute Gasteiger partial charge is 0.440 e.